The van der Waals surface area contributed by atoms with Gasteiger partial charge in [-0.15, -0.1) is 0 Å². The molecule has 0 aromatic rings. The molecule has 1 fully saturated rings. The summed E-state index contributed by atoms with van der Waals surface area (Å²) in [6.07, 6.45) is 8.07. The molecule has 1 aliphatic carbocycles. The molecule has 0 aromatic carbocycles. The first-order valence-electron chi connectivity index (χ1n) is 8.97. The molecule has 4 heteroatoms. The predicted octanol–water partition coefficient (Wildman–Crippen LogP) is 4.26. The molecule has 1 rings (SSSR count). The molecule has 0 aliphatic heterocycles. The van der Waals surface area contributed by atoms with Crippen molar-refractivity contribution < 1.29 is 19.1 Å². The molecule has 128 valence electrons. The van der Waals surface area contributed by atoms with Crippen LogP contribution in [0.1, 0.15) is 78.6 Å². The summed E-state index contributed by atoms with van der Waals surface area (Å²) in [5.41, 5.74) is -1.09. The van der Waals surface area contributed by atoms with Gasteiger partial charge in [0.05, 0.1) is 13.2 Å². The SMILES string of the molecule is CCCCOC(=O)C(CC)(C(=O)OCCCC)C1CCCC1. The summed E-state index contributed by atoms with van der Waals surface area (Å²) in [7, 11) is 0. The van der Waals surface area contributed by atoms with Crippen molar-refractivity contribution in [2.75, 3.05) is 13.2 Å². The average Bonchev–Trinajstić information content (AvgIpc) is 3.04. The maximum absolute atomic E-state index is 12.7. The van der Waals surface area contributed by atoms with Gasteiger partial charge >= 0.3 is 11.9 Å². The van der Waals surface area contributed by atoms with Crippen LogP contribution in [0.4, 0.5) is 0 Å². The molecule has 22 heavy (non-hydrogen) atoms. The van der Waals surface area contributed by atoms with Crippen LogP contribution in [-0.2, 0) is 19.1 Å². The number of ether oxygens (including phenoxy) is 2. The summed E-state index contributed by atoms with van der Waals surface area (Å²) in [5, 5.41) is 0. The standard InChI is InChI=1S/C18H32O4/c1-4-7-13-21-16(19)18(6-3,15-11-9-10-12-15)17(20)22-14-8-5-2/h15H,4-14H2,1-3H3. The third-order valence-corrected chi connectivity index (χ3v) is 4.80. The Morgan fingerprint density at radius 2 is 1.36 bits per heavy atom. The van der Waals surface area contributed by atoms with Crippen molar-refractivity contribution in [3.63, 3.8) is 0 Å². The summed E-state index contributed by atoms with van der Waals surface area (Å²) < 4.78 is 10.9. The Hall–Kier alpha value is -1.06. The minimum Gasteiger partial charge on any atom is -0.465 e. The Bertz CT molecular complexity index is 323. The first-order valence-corrected chi connectivity index (χ1v) is 8.97. The highest BCUT2D eigenvalue weighted by atomic mass is 16.6. The van der Waals surface area contributed by atoms with Crippen molar-refractivity contribution in [2.24, 2.45) is 11.3 Å². The van der Waals surface area contributed by atoms with Gasteiger partial charge in [0.15, 0.2) is 5.41 Å². The van der Waals surface area contributed by atoms with Crippen LogP contribution in [0.5, 0.6) is 0 Å². The summed E-state index contributed by atoms with van der Waals surface area (Å²) in [4.78, 5) is 25.4. The minimum absolute atomic E-state index is 0.0701. The normalized spacial score (nSPS) is 15.8. The second-order valence-corrected chi connectivity index (χ2v) is 6.29. The Kier molecular flexibility index (Phi) is 8.51. The summed E-state index contributed by atoms with van der Waals surface area (Å²) in [6, 6.07) is 0. The number of rotatable bonds is 10. The van der Waals surface area contributed by atoms with E-state index >= 15 is 0 Å². The number of unbranched alkanes of at least 4 members (excludes halogenated alkanes) is 2. The van der Waals surface area contributed by atoms with E-state index in [0.717, 1.165) is 51.4 Å². The highest BCUT2D eigenvalue weighted by Gasteiger charge is 2.53. The van der Waals surface area contributed by atoms with E-state index in [1.807, 2.05) is 6.92 Å². The van der Waals surface area contributed by atoms with E-state index in [2.05, 4.69) is 13.8 Å². The van der Waals surface area contributed by atoms with Crippen molar-refractivity contribution in [3.8, 4) is 0 Å². The molecule has 1 aliphatic rings. The number of esters is 2. The predicted molar refractivity (Wildman–Crippen MR) is 86.4 cm³/mol. The van der Waals surface area contributed by atoms with Crippen LogP contribution in [0.25, 0.3) is 0 Å². The van der Waals surface area contributed by atoms with Gasteiger partial charge in [-0.2, -0.15) is 0 Å². The van der Waals surface area contributed by atoms with E-state index < -0.39 is 5.41 Å². The molecule has 4 nitrogen and oxygen atoms in total. The van der Waals surface area contributed by atoms with Gasteiger partial charge in [-0.05, 0) is 38.0 Å². The fraction of sp³-hybridized carbons (Fsp3) is 0.889. The van der Waals surface area contributed by atoms with Gasteiger partial charge in [0.1, 0.15) is 0 Å². The molecule has 0 atom stereocenters. The maximum atomic E-state index is 12.7. The lowest BCUT2D eigenvalue weighted by Gasteiger charge is -2.33. The van der Waals surface area contributed by atoms with Gasteiger partial charge in [0.25, 0.3) is 0 Å². The monoisotopic (exact) mass is 312 g/mol. The number of carbonyl (C=O) groups excluding carboxylic acids is 2. The zero-order valence-corrected chi connectivity index (χ0v) is 14.5. The topological polar surface area (TPSA) is 52.6 Å². The molecule has 0 aromatic heterocycles. The van der Waals surface area contributed by atoms with Crippen LogP contribution < -0.4 is 0 Å². The Morgan fingerprint density at radius 3 is 1.73 bits per heavy atom. The maximum Gasteiger partial charge on any atom is 0.323 e. The number of carbonyl (C=O) groups is 2. The molecule has 0 spiro atoms. The van der Waals surface area contributed by atoms with Crippen LogP contribution in [-0.4, -0.2) is 25.2 Å². The molecule has 1 saturated carbocycles. The fourth-order valence-corrected chi connectivity index (χ4v) is 3.29. The molecule has 0 heterocycles. The fourth-order valence-electron chi connectivity index (χ4n) is 3.29. The Labute approximate surface area is 134 Å². The molecular formula is C18H32O4. The second-order valence-electron chi connectivity index (χ2n) is 6.29. The lowest BCUT2D eigenvalue weighted by atomic mass is 9.72. The van der Waals surface area contributed by atoms with Crippen LogP contribution in [0.3, 0.4) is 0 Å². The van der Waals surface area contributed by atoms with E-state index in [1.165, 1.54) is 0 Å². The van der Waals surface area contributed by atoms with E-state index in [1.54, 1.807) is 0 Å². The zero-order chi connectivity index (χ0) is 16.4. The molecule has 0 amide bonds. The molecule has 0 bridgehead atoms. The largest absolute Gasteiger partial charge is 0.465 e. The first-order chi connectivity index (χ1) is 10.6. The molecule has 0 N–H and O–H groups in total. The molecule has 0 radical (unpaired) electrons. The van der Waals surface area contributed by atoms with Gasteiger partial charge in [0, 0.05) is 0 Å². The van der Waals surface area contributed by atoms with Gasteiger partial charge in [0.2, 0.25) is 0 Å². The van der Waals surface area contributed by atoms with E-state index in [9.17, 15) is 9.59 Å². The lowest BCUT2D eigenvalue weighted by molar-refractivity contribution is -0.178. The van der Waals surface area contributed by atoms with Crippen LogP contribution in [0, 0.1) is 11.3 Å². The number of hydrogen-bond acceptors (Lipinski definition) is 4. The third kappa shape index (κ3) is 4.47. The molecular weight excluding hydrogens is 280 g/mol. The van der Waals surface area contributed by atoms with Crippen molar-refractivity contribution >= 4 is 11.9 Å². The van der Waals surface area contributed by atoms with E-state index in [-0.39, 0.29) is 17.9 Å². The third-order valence-electron chi connectivity index (χ3n) is 4.80. The molecule has 0 saturated heterocycles. The summed E-state index contributed by atoms with van der Waals surface area (Å²) in [5.74, 6) is -0.658. The van der Waals surface area contributed by atoms with Crippen molar-refractivity contribution in [2.45, 2.75) is 78.6 Å². The van der Waals surface area contributed by atoms with Crippen molar-refractivity contribution in [1.82, 2.24) is 0 Å². The van der Waals surface area contributed by atoms with Crippen molar-refractivity contribution in [1.29, 1.82) is 0 Å². The Balaban J connectivity index is 2.85. The zero-order valence-electron chi connectivity index (χ0n) is 14.5. The average molecular weight is 312 g/mol. The van der Waals surface area contributed by atoms with Gasteiger partial charge in [-0.1, -0.05) is 46.5 Å². The van der Waals surface area contributed by atoms with Crippen LogP contribution in [0.2, 0.25) is 0 Å². The van der Waals surface area contributed by atoms with Crippen LogP contribution in [0.15, 0.2) is 0 Å². The second kappa shape index (κ2) is 9.86. The highest BCUT2D eigenvalue weighted by Crippen LogP contribution is 2.44. The first kappa shape index (κ1) is 19.0. The van der Waals surface area contributed by atoms with E-state index in [0.29, 0.717) is 19.6 Å². The minimum atomic E-state index is -1.09. The molecule has 0 unspecified atom stereocenters. The lowest BCUT2D eigenvalue weighted by Crippen LogP contribution is -2.47. The van der Waals surface area contributed by atoms with Gasteiger partial charge < -0.3 is 9.47 Å². The highest BCUT2D eigenvalue weighted by molar-refractivity contribution is 6.00. The van der Waals surface area contributed by atoms with E-state index in [4.69, 9.17) is 9.47 Å². The van der Waals surface area contributed by atoms with Crippen LogP contribution >= 0.6 is 0 Å². The quantitative estimate of drug-likeness (QED) is 0.343. The Morgan fingerprint density at radius 1 is 0.909 bits per heavy atom. The summed E-state index contributed by atoms with van der Waals surface area (Å²) in [6.45, 7) is 6.80. The summed E-state index contributed by atoms with van der Waals surface area (Å²) >= 11 is 0. The van der Waals surface area contributed by atoms with Gasteiger partial charge in [-0.25, -0.2) is 0 Å². The van der Waals surface area contributed by atoms with Gasteiger partial charge in [-0.3, -0.25) is 9.59 Å². The van der Waals surface area contributed by atoms with Crippen molar-refractivity contribution in [3.05, 3.63) is 0 Å². The smallest absolute Gasteiger partial charge is 0.323 e. The number of hydrogen-bond donors (Lipinski definition) is 0.